The quantitative estimate of drug-likeness (QED) is 0.302. The molecule has 4 rings (SSSR count). The zero-order chi connectivity index (χ0) is 30.0. The number of benzene rings is 1. The molecule has 2 aliphatic rings. The second kappa shape index (κ2) is 12.3. The van der Waals surface area contributed by atoms with Crippen LogP contribution in [-0.2, 0) is 32.2 Å². The van der Waals surface area contributed by atoms with E-state index >= 15 is 0 Å². The van der Waals surface area contributed by atoms with Gasteiger partial charge in [0.2, 0.25) is 5.91 Å². The van der Waals surface area contributed by atoms with Crippen LogP contribution in [0.5, 0.6) is 0 Å². The van der Waals surface area contributed by atoms with Gasteiger partial charge in [-0.2, -0.15) is 0 Å². The van der Waals surface area contributed by atoms with Crippen molar-refractivity contribution in [1.29, 1.82) is 0 Å². The van der Waals surface area contributed by atoms with Gasteiger partial charge in [0, 0.05) is 31.9 Å². The summed E-state index contributed by atoms with van der Waals surface area (Å²) in [6.45, 7) is 5.98. The fourth-order valence-electron chi connectivity index (χ4n) is 4.89. The van der Waals surface area contributed by atoms with Crippen molar-refractivity contribution in [1.82, 2.24) is 20.7 Å². The molecule has 2 atom stereocenters. The minimum atomic E-state index is -0.893. The summed E-state index contributed by atoms with van der Waals surface area (Å²) in [6.07, 6.45) is 0.247. The molecule has 3 N–H and O–H groups in total. The minimum Gasteiger partial charge on any atom is -0.468 e. The molecule has 1 saturated heterocycles. The van der Waals surface area contributed by atoms with Crippen molar-refractivity contribution in [3.8, 4) is 0 Å². The van der Waals surface area contributed by atoms with Crippen molar-refractivity contribution in [3.05, 3.63) is 45.1 Å². The van der Waals surface area contributed by atoms with Crippen LogP contribution in [0.3, 0.4) is 0 Å². The van der Waals surface area contributed by atoms with Crippen molar-refractivity contribution in [2.75, 3.05) is 31.4 Å². The summed E-state index contributed by atoms with van der Waals surface area (Å²) in [5, 5.41) is 6.57. The first-order valence-electron chi connectivity index (χ1n) is 13.4. The predicted molar refractivity (Wildman–Crippen MR) is 154 cm³/mol. The summed E-state index contributed by atoms with van der Waals surface area (Å²) >= 11 is 1.27. The SMILES string of the molecule is COC(=O)[C@H](NN1C(=O)CCC(N2Cc3cc(CNC(=O)Nc4ccc(C)cc4N(C)C)sc3C2=O)C1=O)C(C)C. The molecule has 1 fully saturated rings. The van der Waals surface area contributed by atoms with E-state index in [2.05, 4.69) is 16.1 Å². The number of hydrogen-bond acceptors (Lipinski definition) is 9. The number of hydrazine groups is 1. The van der Waals surface area contributed by atoms with Crippen molar-refractivity contribution in [2.24, 2.45) is 5.92 Å². The van der Waals surface area contributed by atoms with Gasteiger partial charge in [-0.1, -0.05) is 19.9 Å². The van der Waals surface area contributed by atoms with Gasteiger partial charge in [0.15, 0.2) is 0 Å². The Morgan fingerprint density at radius 3 is 2.54 bits per heavy atom. The first-order chi connectivity index (χ1) is 19.4. The molecule has 2 aliphatic heterocycles. The largest absolute Gasteiger partial charge is 0.468 e. The lowest BCUT2D eigenvalue weighted by molar-refractivity contribution is -0.160. The highest BCUT2D eigenvalue weighted by molar-refractivity contribution is 7.14. The molecule has 1 aromatic carbocycles. The van der Waals surface area contributed by atoms with Gasteiger partial charge in [-0.15, -0.1) is 11.3 Å². The maximum absolute atomic E-state index is 13.3. The number of aryl methyl sites for hydroxylation is 1. The summed E-state index contributed by atoms with van der Waals surface area (Å²) in [5.74, 6) is -2.17. The van der Waals surface area contributed by atoms with Gasteiger partial charge in [0.1, 0.15) is 12.1 Å². The Morgan fingerprint density at radius 2 is 1.90 bits per heavy atom. The van der Waals surface area contributed by atoms with E-state index in [4.69, 9.17) is 4.74 Å². The lowest BCUT2D eigenvalue weighted by atomic mass is 10.0. The number of fused-ring (bicyclic) bond motifs is 1. The highest BCUT2D eigenvalue weighted by Crippen LogP contribution is 2.34. The molecule has 2 aromatic rings. The van der Waals surface area contributed by atoms with Gasteiger partial charge >= 0.3 is 12.0 Å². The Hall–Kier alpha value is -3.97. The van der Waals surface area contributed by atoms with Crippen LogP contribution in [0.1, 0.15) is 52.4 Å². The van der Waals surface area contributed by atoms with Crippen LogP contribution in [0.2, 0.25) is 0 Å². The number of carbonyl (C=O) groups is 5. The number of piperidine rings is 1. The number of methoxy groups -OCH3 is 1. The molecular weight excluding hydrogens is 548 g/mol. The second-order valence-corrected chi connectivity index (χ2v) is 11.9. The molecule has 3 heterocycles. The lowest BCUT2D eigenvalue weighted by Gasteiger charge is -2.37. The van der Waals surface area contributed by atoms with Crippen LogP contribution >= 0.6 is 11.3 Å². The average molecular weight is 585 g/mol. The van der Waals surface area contributed by atoms with E-state index in [9.17, 15) is 24.0 Å². The summed E-state index contributed by atoms with van der Waals surface area (Å²) in [6, 6.07) is 5.52. The smallest absolute Gasteiger partial charge is 0.324 e. The molecule has 1 unspecified atom stereocenters. The lowest BCUT2D eigenvalue weighted by Crippen LogP contribution is -2.63. The number of amides is 5. The highest BCUT2D eigenvalue weighted by atomic mass is 32.1. The van der Waals surface area contributed by atoms with Gasteiger partial charge < -0.3 is 25.2 Å². The molecule has 0 radical (unpaired) electrons. The van der Waals surface area contributed by atoms with Crippen LogP contribution in [0.15, 0.2) is 24.3 Å². The number of anilines is 2. The van der Waals surface area contributed by atoms with Crippen molar-refractivity contribution in [2.45, 2.75) is 58.8 Å². The molecule has 41 heavy (non-hydrogen) atoms. The van der Waals surface area contributed by atoms with Crippen LogP contribution < -0.4 is 21.0 Å². The number of imide groups is 1. The summed E-state index contributed by atoms with van der Waals surface area (Å²) < 4.78 is 4.81. The number of nitrogens with one attached hydrogen (secondary N) is 3. The Balaban J connectivity index is 1.38. The highest BCUT2D eigenvalue weighted by Gasteiger charge is 2.45. The predicted octanol–water partition coefficient (Wildman–Crippen LogP) is 2.62. The van der Waals surface area contributed by atoms with E-state index in [0.717, 1.165) is 26.7 Å². The van der Waals surface area contributed by atoms with Crippen molar-refractivity contribution in [3.63, 3.8) is 0 Å². The number of ether oxygens (including phenoxy) is 1. The molecule has 0 saturated carbocycles. The van der Waals surface area contributed by atoms with Crippen LogP contribution in [-0.4, -0.2) is 72.9 Å². The van der Waals surface area contributed by atoms with Crippen LogP contribution in [0, 0.1) is 12.8 Å². The van der Waals surface area contributed by atoms with E-state index in [1.54, 1.807) is 13.8 Å². The average Bonchev–Trinajstić information content (AvgIpc) is 3.46. The topological polar surface area (TPSA) is 140 Å². The molecular formula is C28H36N6O6S. The molecule has 220 valence electrons. The Morgan fingerprint density at radius 1 is 1.17 bits per heavy atom. The molecule has 1 aromatic heterocycles. The Kier molecular flexibility index (Phi) is 8.98. The normalized spacial score (nSPS) is 17.5. The fraction of sp³-hybridized carbons (Fsp3) is 0.464. The Bertz CT molecular complexity index is 1370. The van der Waals surface area contributed by atoms with Crippen molar-refractivity contribution < 1.29 is 28.7 Å². The third-order valence-electron chi connectivity index (χ3n) is 7.11. The van der Waals surface area contributed by atoms with Crippen LogP contribution in [0.4, 0.5) is 16.2 Å². The van der Waals surface area contributed by atoms with E-state index in [-0.39, 0.29) is 43.8 Å². The summed E-state index contributed by atoms with van der Waals surface area (Å²) in [7, 11) is 5.05. The van der Waals surface area contributed by atoms with E-state index in [0.29, 0.717) is 10.6 Å². The van der Waals surface area contributed by atoms with E-state index < -0.39 is 29.9 Å². The standard InChI is InChI=1S/C28H36N6O6S/c1-15(2)23(27(38)40-6)31-34-22(35)10-9-20(25(34)36)33-14-17-12-18(41-24(17)26(33)37)13-29-28(39)30-19-8-7-16(3)11-21(19)32(4)5/h7-8,11-12,15,20,23,31H,9-10,13-14H2,1-6H3,(H2,29,30,39)/t20?,23-/m1/s1. The number of hydrogen-bond donors (Lipinski definition) is 3. The number of carbonyl (C=O) groups excluding carboxylic acids is 5. The molecule has 5 amide bonds. The number of rotatable bonds is 9. The molecule has 0 spiro atoms. The first kappa shape index (κ1) is 30.0. The number of thiophene rings is 1. The minimum absolute atomic E-state index is 0.0492. The van der Waals surface area contributed by atoms with Gasteiger partial charge in [0.05, 0.1) is 29.9 Å². The van der Waals surface area contributed by atoms with E-state index in [1.807, 2.05) is 50.2 Å². The maximum Gasteiger partial charge on any atom is 0.324 e. The maximum atomic E-state index is 13.3. The van der Waals surface area contributed by atoms with E-state index in [1.165, 1.54) is 23.3 Å². The van der Waals surface area contributed by atoms with Crippen LogP contribution in [0.25, 0.3) is 0 Å². The van der Waals surface area contributed by atoms with Gasteiger partial charge in [-0.25, -0.2) is 15.2 Å². The Labute approximate surface area is 243 Å². The molecule has 13 heteroatoms. The van der Waals surface area contributed by atoms with Gasteiger partial charge in [-0.05, 0) is 48.6 Å². The first-order valence-corrected chi connectivity index (χ1v) is 14.2. The molecule has 0 bridgehead atoms. The number of urea groups is 1. The van der Waals surface area contributed by atoms with Crippen molar-refractivity contribution >= 4 is 52.4 Å². The number of esters is 1. The third-order valence-corrected chi connectivity index (χ3v) is 8.28. The monoisotopic (exact) mass is 584 g/mol. The summed E-state index contributed by atoms with van der Waals surface area (Å²) in [4.78, 5) is 68.7. The fourth-order valence-corrected chi connectivity index (χ4v) is 5.96. The second-order valence-electron chi connectivity index (χ2n) is 10.7. The summed E-state index contributed by atoms with van der Waals surface area (Å²) in [5.41, 5.74) is 6.15. The number of nitrogens with zero attached hydrogens (tertiary/aromatic N) is 3. The van der Waals surface area contributed by atoms with Gasteiger partial charge in [0.25, 0.3) is 11.8 Å². The third kappa shape index (κ3) is 6.35. The molecule has 0 aliphatic carbocycles. The zero-order valence-electron chi connectivity index (χ0n) is 24.1. The van der Waals surface area contributed by atoms with Gasteiger partial charge in [-0.3, -0.25) is 19.2 Å². The molecule has 12 nitrogen and oxygen atoms in total. The zero-order valence-corrected chi connectivity index (χ0v) is 24.9.